The number of carbonyl (C=O) groups is 2. The van der Waals surface area contributed by atoms with Crippen LogP contribution < -0.4 is 21.0 Å². The smallest absolute Gasteiger partial charge is 0.336 e. The largest absolute Gasteiger partial charge is 0.484 e. The van der Waals surface area contributed by atoms with Gasteiger partial charge in [-0.3, -0.25) is 9.59 Å². The predicted octanol–water partition coefficient (Wildman–Crippen LogP) is 1.51. The Labute approximate surface area is 145 Å². The van der Waals surface area contributed by atoms with E-state index in [9.17, 15) is 14.4 Å². The molecule has 2 rings (SSSR count). The summed E-state index contributed by atoms with van der Waals surface area (Å²) >= 11 is 0. The van der Waals surface area contributed by atoms with Gasteiger partial charge in [-0.25, -0.2) is 4.79 Å². The van der Waals surface area contributed by atoms with Gasteiger partial charge in [-0.15, -0.1) is 0 Å². The fourth-order valence-electron chi connectivity index (χ4n) is 2.29. The second-order valence-electron chi connectivity index (χ2n) is 5.78. The Morgan fingerprint density at radius 1 is 1.28 bits per heavy atom. The molecule has 0 radical (unpaired) electrons. The first-order valence-electron chi connectivity index (χ1n) is 8.15. The van der Waals surface area contributed by atoms with Crippen molar-refractivity contribution in [3.8, 4) is 5.75 Å². The van der Waals surface area contributed by atoms with Gasteiger partial charge in [0.2, 0.25) is 5.91 Å². The molecule has 0 spiro atoms. The first-order valence-corrected chi connectivity index (χ1v) is 8.15. The normalized spacial score (nSPS) is 11.8. The minimum absolute atomic E-state index is 0.238. The van der Waals surface area contributed by atoms with E-state index in [1.165, 1.54) is 6.07 Å². The third-order valence-electron chi connectivity index (χ3n) is 3.61. The van der Waals surface area contributed by atoms with Crippen LogP contribution in [0.2, 0.25) is 0 Å². The maximum atomic E-state index is 11.9. The fraction of sp³-hybridized carbons (Fsp3) is 0.389. The zero-order valence-electron chi connectivity index (χ0n) is 14.5. The molecular formula is C18H22N2O5. The molecule has 0 aliphatic rings. The van der Waals surface area contributed by atoms with Crippen molar-refractivity contribution < 1.29 is 18.7 Å². The molecule has 1 atom stereocenters. The van der Waals surface area contributed by atoms with Gasteiger partial charge in [-0.2, -0.15) is 0 Å². The number of rotatable bonds is 7. The van der Waals surface area contributed by atoms with Crippen LogP contribution in [-0.2, 0) is 9.59 Å². The summed E-state index contributed by atoms with van der Waals surface area (Å²) in [5.74, 6) is -0.248. The van der Waals surface area contributed by atoms with Crippen LogP contribution in [0, 0.1) is 6.92 Å². The van der Waals surface area contributed by atoms with E-state index in [1.54, 1.807) is 25.1 Å². The van der Waals surface area contributed by atoms with Gasteiger partial charge in [0.25, 0.3) is 5.91 Å². The monoisotopic (exact) mass is 346 g/mol. The van der Waals surface area contributed by atoms with Crippen molar-refractivity contribution in [2.75, 3.05) is 13.2 Å². The van der Waals surface area contributed by atoms with Crippen LogP contribution in [0.5, 0.6) is 5.75 Å². The molecule has 2 N–H and O–H groups in total. The fourth-order valence-corrected chi connectivity index (χ4v) is 2.29. The van der Waals surface area contributed by atoms with E-state index < -0.39 is 17.6 Å². The summed E-state index contributed by atoms with van der Waals surface area (Å²) in [6.45, 7) is 5.70. The number of fused-ring (bicyclic) bond motifs is 1. The van der Waals surface area contributed by atoms with Crippen LogP contribution in [0.1, 0.15) is 25.8 Å². The summed E-state index contributed by atoms with van der Waals surface area (Å²) in [4.78, 5) is 35.0. The molecule has 1 aromatic heterocycles. The Balaban J connectivity index is 1.94. The molecule has 1 aromatic carbocycles. The van der Waals surface area contributed by atoms with Crippen LogP contribution in [-0.4, -0.2) is 31.0 Å². The second-order valence-corrected chi connectivity index (χ2v) is 5.78. The molecule has 0 bridgehead atoms. The number of benzene rings is 1. The van der Waals surface area contributed by atoms with Crippen molar-refractivity contribution >= 4 is 22.8 Å². The van der Waals surface area contributed by atoms with Crippen LogP contribution in [0.3, 0.4) is 0 Å². The number of carbonyl (C=O) groups excluding carboxylic acids is 2. The summed E-state index contributed by atoms with van der Waals surface area (Å²) in [6, 6.07) is 5.80. The Bertz CT molecular complexity index is 828. The molecule has 1 heterocycles. The van der Waals surface area contributed by atoms with Crippen LogP contribution in [0.15, 0.2) is 33.5 Å². The van der Waals surface area contributed by atoms with Crippen LogP contribution >= 0.6 is 0 Å². The molecule has 2 aromatic rings. The first kappa shape index (κ1) is 18.5. The van der Waals surface area contributed by atoms with Crippen molar-refractivity contribution in [3.63, 3.8) is 0 Å². The van der Waals surface area contributed by atoms with Gasteiger partial charge in [0.15, 0.2) is 6.61 Å². The molecule has 0 aliphatic carbocycles. The van der Waals surface area contributed by atoms with E-state index in [0.717, 1.165) is 17.4 Å². The molecule has 25 heavy (non-hydrogen) atoms. The second kappa shape index (κ2) is 8.32. The highest BCUT2D eigenvalue weighted by atomic mass is 16.5. The maximum Gasteiger partial charge on any atom is 0.336 e. The molecule has 0 saturated carbocycles. The minimum Gasteiger partial charge on any atom is -0.484 e. The summed E-state index contributed by atoms with van der Waals surface area (Å²) in [6.07, 6.45) is 0.826. The number of hydrogen-bond acceptors (Lipinski definition) is 5. The van der Waals surface area contributed by atoms with Gasteiger partial charge < -0.3 is 19.8 Å². The zero-order valence-corrected chi connectivity index (χ0v) is 14.5. The minimum atomic E-state index is -0.639. The molecule has 0 fully saturated rings. The van der Waals surface area contributed by atoms with Gasteiger partial charge >= 0.3 is 5.63 Å². The number of hydrogen-bond donors (Lipinski definition) is 2. The lowest BCUT2D eigenvalue weighted by atomic mass is 10.1. The number of nitrogens with one attached hydrogen (secondary N) is 2. The average Bonchev–Trinajstić information content (AvgIpc) is 2.57. The number of amides is 2. The van der Waals surface area contributed by atoms with E-state index in [4.69, 9.17) is 9.15 Å². The molecular weight excluding hydrogens is 324 g/mol. The lowest BCUT2D eigenvalue weighted by molar-refractivity contribution is -0.129. The Kier molecular flexibility index (Phi) is 6.16. The summed E-state index contributed by atoms with van der Waals surface area (Å²) in [5.41, 5.74) is 0.768. The summed E-state index contributed by atoms with van der Waals surface area (Å²) in [7, 11) is 0. The highest BCUT2D eigenvalue weighted by Gasteiger charge is 2.15. The van der Waals surface area contributed by atoms with Gasteiger partial charge in [0.1, 0.15) is 17.4 Å². The third-order valence-corrected chi connectivity index (χ3v) is 3.61. The van der Waals surface area contributed by atoms with E-state index >= 15 is 0 Å². The van der Waals surface area contributed by atoms with E-state index in [-0.39, 0.29) is 12.5 Å². The molecule has 7 nitrogen and oxygen atoms in total. The lowest BCUT2D eigenvalue weighted by Gasteiger charge is -2.14. The van der Waals surface area contributed by atoms with Crippen LogP contribution in [0.4, 0.5) is 0 Å². The highest BCUT2D eigenvalue weighted by Crippen LogP contribution is 2.22. The van der Waals surface area contributed by atoms with Crippen molar-refractivity contribution in [1.29, 1.82) is 0 Å². The van der Waals surface area contributed by atoms with Crippen molar-refractivity contribution in [2.24, 2.45) is 0 Å². The number of aryl methyl sites for hydroxylation is 1. The average molecular weight is 346 g/mol. The van der Waals surface area contributed by atoms with Gasteiger partial charge in [0, 0.05) is 24.1 Å². The first-order chi connectivity index (χ1) is 11.9. The van der Waals surface area contributed by atoms with E-state index in [0.29, 0.717) is 17.9 Å². The Morgan fingerprint density at radius 2 is 2.04 bits per heavy atom. The lowest BCUT2D eigenvalue weighted by Crippen LogP contribution is -2.46. The number of ether oxygens (including phenoxy) is 1. The summed E-state index contributed by atoms with van der Waals surface area (Å²) < 4.78 is 10.5. The Morgan fingerprint density at radius 3 is 2.76 bits per heavy atom. The standard InChI is InChI=1S/C18H22N2O5/c1-4-7-19-18(23)12(3)20-16(21)10-24-13-5-6-14-11(2)8-17(22)25-15(14)9-13/h5-6,8-9,12H,4,7,10H2,1-3H3,(H,19,23)(H,20,21)/t12-/m1/s1. The molecule has 0 unspecified atom stereocenters. The molecule has 0 aliphatic heterocycles. The maximum absolute atomic E-state index is 11.9. The third kappa shape index (κ3) is 5.07. The van der Waals surface area contributed by atoms with Crippen molar-refractivity contribution in [1.82, 2.24) is 10.6 Å². The predicted molar refractivity (Wildman–Crippen MR) is 93.6 cm³/mol. The Hall–Kier alpha value is -2.83. The quantitative estimate of drug-likeness (QED) is 0.741. The topological polar surface area (TPSA) is 97.6 Å². The SMILES string of the molecule is CCCNC(=O)[C@@H](C)NC(=O)COc1ccc2c(C)cc(=O)oc2c1. The molecule has 7 heteroatoms. The van der Waals surface area contributed by atoms with Crippen LogP contribution in [0.25, 0.3) is 11.0 Å². The molecule has 134 valence electrons. The van der Waals surface area contributed by atoms with Gasteiger partial charge in [-0.05, 0) is 38.0 Å². The van der Waals surface area contributed by atoms with E-state index in [1.807, 2.05) is 13.8 Å². The highest BCUT2D eigenvalue weighted by molar-refractivity contribution is 5.88. The summed E-state index contributed by atoms with van der Waals surface area (Å²) in [5, 5.41) is 6.07. The van der Waals surface area contributed by atoms with E-state index in [2.05, 4.69) is 10.6 Å². The van der Waals surface area contributed by atoms with Gasteiger partial charge in [-0.1, -0.05) is 6.92 Å². The molecule has 2 amide bonds. The molecule has 0 saturated heterocycles. The van der Waals surface area contributed by atoms with Gasteiger partial charge in [0.05, 0.1) is 0 Å². The van der Waals surface area contributed by atoms with Crippen molar-refractivity contribution in [2.45, 2.75) is 33.2 Å². The van der Waals surface area contributed by atoms with Crippen molar-refractivity contribution in [3.05, 3.63) is 40.2 Å². The zero-order chi connectivity index (χ0) is 18.4.